The standard InChI is InChI=1S/C54H45BN4O2/c1-37-18-14-19-38(2)51(37)55-59(53-50(61-55)30-17-31-56-53)43-32-41(54(3,4)5)33-45(35-43)60-44-25-15-24-42(34-44)57-36-58(49-29-13-12-28-48(49)57)52-46(39-20-8-6-9-21-39)26-16-27-47(52)40-22-10-7-11-23-40/h6-35H,1-5H3. The molecule has 1 aliphatic heterocycles. The van der Waals surface area contributed by atoms with Gasteiger partial charge < -0.3 is 14.2 Å². The van der Waals surface area contributed by atoms with Crippen LogP contribution >= 0.6 is 0 Å². The second-order valence-electron chi connectivity index (χ2n) is 16.7. The van der Waals surface area contributed by atoms with Gasteiger partial charge in [0.05, 0.1) is 22.4 Å². The largest absolute Gasteiger partial charge is 0.535 e. The van der Waals surface area contributed by atoms with Crippen molar-refractivity contribution >= 4 is 35.1 Å². The smallest absolute Gasteiger partial charge is 0.526 e. The Morgan fingerprint density at radius 3 is 1.97 bits per heavy atom. The van der Waals surface area contributed by atoms with E-state index in [1.54, 1.807) is 0 Å². The molecule has 0 saturated carbocycles. The normalized spacial score (nSPS) is 12.4. The number of anilines is 2. The number of ether oxygens (including phenoxy) is 1. The summed E-state index contributed by atoms with van der Waals surface area (Å²) in [4.78, 5) is 7.06. The van der Waals surface area contributed by atoms with Gasteiger partial charge in [0.15, 0.2) is 5.82 Å². The predicted octanol–water partition coefficient (Wildman–Crippen LogP) is 12.1. The fraction of sp³-hybridized carbons (Fsp3) is 0.111. The highest BCUT2D eigenvalue weighted by Gasteiger charge is 2.42. The summed E-state index contributed by atoms with van der Waals surface area (Å²) in [6, 6.07) is 61.3. The molecule has 7 aromatic carbocycles. The van der Waals surface area contributed by atoms with Crippen LogP contribution in [0.1, 0.15) is 37.5 Å². The van der Waals surface area contributed by atoms with Gasteiger partial charge in [-0.15, -0.1) is 0 Å². The molecule has 0 fully saturated rings. The third-order valence-electron chi connectivity index (χ3n) is 11.6. The molecule has 296 valence electrons. The Balaban J connectivity index is 1.08. The fourth-order valence-electron chi connectivity index (χ4n) is 8.54. The number of aryl methyl sites for hydroxylation is 2. The summed E-state index contributed by atoms with van der Waals surface area (Å²) in [6.45, 7) is 11.0. The summed E-state index contributed by atoms with van der Waals surface area (Å²) in [7, 11) is -0.392. The Morgan fingerprint density at radius 2 is 1.26 bits per heavy atom. The van der Waals surface area contributed by atoms with E-state index in [1.807, 2.05) is 30.5 Å². The SMILES string of the molecule is Cc1cccc(C)c1B1Oc2cccnc2N1c1cc(Oc2cccc(-n3[c-][n+](-c4c(-c5ccccc5)cccc4-c4ccccc4)c4ccccc43)c2)cc(C(C)(C)C)c1. The van der Waals surface area contributed by atoms with Gasteiger partial charge >= 0.3 is 7.05 Å². The minimum atomic E-state index is -0.392. The summed E-state index contributed by atoms with van der Waals surface area (Å²) in [5.41, 5.74) is 14.0. The second kappa shape index (κ2) is 15.3. The van der Waals surface area contributed by atoms with E-state index in [4.69, 9.17) is 14.4 Å². The molecule has 9 aromatic rings. The zero-order valence-corrected chi connectivity index (χ0v) is 35.0. The van der Waals surface area contributed by atoms with Gasteiger partial charge in [-0.05, 0) is 95.0 Å². The molecule has 1 aliphatic rings. The van der Waals surface area contributed by atoms with Crippen molar-refractivity contribution in [1.82, 2.24) is 9.55 Å². The Hall–Kier alpha value is -7.38. The van der Waals surface area contributed by atoms with E-state index in [2.05, 4.69) is 207 Å². The van der Waals surface area contributed by atoms with Crippen LogP contribution in [0.2, 0.25) is 0 Å². The van der Waals surface area contributed by atoms with E-state index in [-0.39, 0.29) is 5.41 Å². The number of hydrogen-bond acceptors (Lipinski definition) is 4. The van der Waals surface area contributed by atoms with Crippen LogP contribution in [0.4, 0.5) is 11.5 Å². The number of benzene rings is 7. The quantitative estimate of drug-likeness (QED) is 0.0873. The molecule has 0 aliphatic carbocycles. The van der Waals surface area contributed by atoms with Crippen LogP contribution in [0.3, 0.4) is 0 Å². The first-order chi connectivity index (χ1) is 29.7. The zero-order valence-electron chi connectivity index (χ0n) is 35.0. The maximum Gasteiger partial charge on any atom is 0.526 e. The lowest BCUT2D eigenvalue weighted by molar-refractivity contribution is -0.571. The number of fused-ring (bicyclic) bond motifs is 2. The van der Waals surface area contributed by atoms with E-state index in [0.29, 0.717) is 5.75 Å². The molecule has 10 rings (SSSR count). The molecule has 61 heavy (non-hydrogen) atoms. The van der Waals surface area contributed by atoms with Gasteiger partial charge in [0.1, 0.15) is 17.2 Å². The number of hydrogen-bond donors (Lipinski definition) is 0. The maximum atomic E-state index is 6.89. The number of para-hydroxylation sites is 3. The number of aromatic nitrogens is 3. The van der Waals surface area contributed by atoms with E-state index in [1.165, 1.54) is 11.1 Å². The van der Waals surface area contributed by atoms with Crippen molar-refractivity contribution in [2.24, 2.45) is 0 Å². The monoisotopic (exact) mass is 792 g/mol. The summed E-state index contributed by atoms with van der Waals surface area (Å²) < 4.78 is 18.0. The van der Waals surface area contributed by atoms with Crippen LogP contribution in [-0.2, 0) is 5.41 Å². The highest BCUT2D eigenvalue weighted by molar-refractivity contribution is 6.75. The average Bonchev–Trinajstić information content (AvgIpc) is 3.86. The van der Waals surface area contributed by atoms with Crippen molar-refractivity contribution in [2.45, 2.75) is 40.0 Å². The van der Waals surface area contributed by atoms with Crippen LogP contribution < -0.4 is 24.2 Å². The molecule has 0 spiro atoms. The van der Waals surface area contributed by atoms with Crippen molar-refractivity contribution in [3.8, 4) is 50.9 Å². The van der Waals surface area contributed by atoms with Gasteiger partial charge in [0.25, 0.3) is 6.33 Å². The molecule has 3 heterocycles. The lowest BCUT2D eigenvalue weighted by Gasteiger charge is -2.27. The van der Waals surface area contributed by atoms with Gasteiger partial charge in [-0.25, -0.2) is 4.98 Å². The molecule has 0 radical (unpaired) electrons. The van der Waals surface area contributed by atoms with E-state index >= 15 is 0 Å². The third kappa shape index (κ3) is 7.02. The predicted molar refractivity (Wildman–Crippen MR) is 248 cm³/mol. The Morgan fingerprint density at radius 1 is 0.623 bits per heavy atom. The minimum Gasteiger partial charge on any atom is -0.535 e. The van der Waals surface area contributed by atoms with Gasteiger partial charge in [-0.1, -0.05) is 159 Å². The highest BCUT2D eigenvalue weighted by Crippen LogP contribution is 2.43. The molecule has 0 unspecified atom stereocenters. The number of imidazole rings is 1. The van der Waals surface area contributed by atoms with Crippen molar-refractivity contribution in [3.63, 3.8) is 0 Å². The summed E-state index contributed by atoms with van der Waals surface area (Å²) in [6.07, 6.45) is 5.62. The van der Waals surface area contributed by atoms with E-state index < -0.39 is 7.05 Å². The lowest BCUT2D eigenvalue weighted by Crippen LogP contribution is -2.49. The van der Waals surface area contributed by atoms with Crippen molar-refractivity contribution in [2.75, 3.05) is 4.81 Å². The van der Waals surface area contributed by atoms with Crippen LogP contribution in [0.5, 0.6) is 17.2 Å². The summed E-state index contributed by atoms with van der Waals surface area (Å²) >= 11 is 0. The van der Waals surface area contributed by atoms with E-state index in [0.717, 1.165) is 78.7 Å². The molecule has 6 nitrogen and oxygen atoms in total. The second-order valence-corrected chi connectivity index (χ2v) is 16.7. The van der Waals surface area contributed by atoms with Crippen molar-refractivity contribution in [1.29, 1.82) is 0 Å². The molecule has 0 atom stereocenters. The molecule has 7 heteroatoms. The van der Waals surface area contributed by atoms with Crippen LogP contribution in [0.25, 0.3) is 44.7 Å². The first kappa shape index (κ1) is 37.9. The minimum absolute atomic E-state index is 0.168. The zero-order chi connectivity index (χ0) is 41.7. The van der Waals surface area contributed by atoms with Crippen LogP contribution in [0.15, 0.2) is 182 Å². The molecule has 2 aromatic heterocycles. The fourth-order valence-corrected chi connectivity index (χ4v) is 8.54. The number of rotatable bonds is 8. The molecular weight excluding hydrogens is 747 g/mol. The lowest BCUT2D eigenvalue weighted by atomic mass is 9.67. The van der Waals surface area contributed by atoms with Gasteiger partial charge in [-0.3, -0.25) is 9.13 Å². The highest BCUT2D eigenvalue weighted by atomic mass is 16.5. The summed E-state index contributed by atoms with van der Waals surface area (Å²) in [5, 5.41) is 0. The number of pyridine rings is 1. The maximum absolute atomic E-state index is 6.89. The Kier molecular flexibility index (Phi) is 9.52. The van der Waals surface area contributed by atoms with Crippen LogP contribution in [0, 0.1) is 20.2 Å². The van der Waals surface area contributed by atoms with Crippen LogP contribution in [-0.4, -0.2) is 16.6 Å². The molecular formula is C54H45BN4O2. The first-order valence-corrected chi connectivity index (χ1v) is 20.8. The molecule has 0 saturated heterocycles. The van der Waals surface area contributed by atoms with Gasteiger partial charge in [0.2, 0.25) is 0 Å². The Bertz CT molecular complexity index is 2990. The van der Waals surface area contributed by atoms with E-state index in [9.17, 15) is 0 Å². The number of nitrogens with zero attached hydrogens (tertiary/aromatic N) is 4. The van der Waals surface area contributed by atoms with Gasteiger partial charge in [-0.2, -0.15) is 0 Å². The molecule has 0 amide bonds. The van der Waals surface area contributed by atoms with Crippen molar-refractivity contribution in [3.05, 3.63) is 205 Å². The Labute approximate surface area is 358 Å². The topological polar surface area (TPSA) is 43.4 Å². The average molecular weight is 793 g/mol. The summed E-state index contributed by atoms with van der Waals surface area (Å²) in [5.74, 6) is 2.97. The van der Waals surface area contributed by atoms with Gasteiger partial charge in [0, 0.05) is 18.0 Å². The first-order valence-electron chi connectivity index (χ1n) is 20.8. The molecule has 0 bridgehead atoms. The third-order valence-corrected chi connectivity index (χ3v) is 11.6. The molecule has 0 N–H and O–H groups in total. The van der Waals surface area contributed by atoms with Crippen molar-refractivity contribution < 1.29 is 14.0 Å².